The largest absolute Gasteiger partial charge is 0.354 e. The van der Waals surface area contributed by atoms with Gasteiger partial charge in [0.25, 0.3) is 0 Å². The van der Waals surface area contributed by atoms with Crippen LogP contribution in [-0.2, 0) is 0 Å². The number of benzene rings is 6. The van der Waals surface area contributed by atoms with Gasteiger partial charge in [-0.3, -0.25) is 9.13 Å². The number of imidazole rings is 1. The molecule has 50 heavy (non-hydrogen) atoms. The highest BCUT2D eigenvalue weighted by Crippen LogP contribution is 2.40. The Hall–Kier alpha value is -6.46. The first-order chi connectivity index (χ1) is 24.6. The number of para-hydroxylation sites is 4. The number of nitrogens with zero attached hydrogens (tertiary/aromatic N) is 4. The number of aromatic amines is 1. The maximum atomic E-state index is 5.51. The van der Waals surface area contributed by atoms with Crippen LogP contribution in [0.3, 0.4) is 0 Å². The molecule has 10 rings (SSSR count). The molecule has 5 heteroatoms. The maximum Gasteiger partial charge on any atom is 0.147 e. The fourth-order valence-corrected chi connectivity index (χ4v) is 7.71. The Balaban J connectivity index is 1.25. The topological polar surface area (TPSA) is 51.4 Å². The minimum absolute atomic E-state index is 0.439. The van der Waals surface area contributed by atoms with E-state index in [1.54, 1.807) is 0 Å². The molecule has 5 nitrogen and oxygen atoms in total. The van der Waals surface area contributed by atoms with Crippen molar-refractivity contribution < 1.29 is 0 Å². The van der Waals surface area contributed by atoms with Crippen LogP contribution in [0.2, 0.25) is 0 Å². The Morgan fingerprint density at radius 1 is 0.560 bits per heavy atom. The van der Waals surface area contributed by atoms with E-state index in [2.05, 4.69) is 167 Å². The van der Waals surface area contributed by atoms with E-state index < -0.39 is 0 Å². The van der Waals surface area contributed by atoms with E-state index in [0.717, 1.165) is 67.1 Å². The fourth-order valence-electron chi connectivity index (χ4n) is 7.71. The highest BCUT2D eigenvalue weighted by molar-refractivity contribution is 6.13. The third-order valence-corrected chi connectivity index (χ3v) is 10.1. The van der Waals surface area contributed by atoms with Gasteiger partial charge in [0.15, 0.2) is 0 Å². The van der Waals surface area contributed by atoms with Crippen LogP contribution in [0.4, 0.5) is 0 Å². The molecule has 6 aromatic carbocycles. The van der Waals surface area contributed by atoms with Gasteiger partial charge in [-0.15, -0.1) is 0 Å². The first kappa shape index (κ1) is 28.5. The van der Waals surface area contributed by atoms with Crippen molar-refractivity contribution in [2.45, 2.75) is 19.8 Å². The number of hydrogen-bond acceptors (Lipinski definition) is 2. The lowest BCUT2D eigenvalue weighted by Crippen LogP contribution is -1.97. The van der Waals surface area contributed by atoms with Crippen molar-refractivity contribution in [1.29, 1.82) is 0 Å². The summed E-state index contributed by atoms with van der Waals surface area (Å²) >= 11 is 0. The Labute approximate surface area is 289 Å². The van der Waals surface area contributed by atoms with E-state index in [1.807, 2.05) is 12.3 Å². The van der Waals surface area contributed by atoms with Crippen molar-refractivity contribution in [2.24, 2.45) is 0 Å². The molecule has 0 saturated heterocycles. The van der Waals surface area contributed by atoms with Crippen LogP contribution < -0.4 is 0 Å². The minimum atomic E-state index is 0.439. The second-order valence-corrected chi connectivity index (χ2v) is 13.4. The predicted octanol–water partition coefficient (Wildman–Crippen LogP) is 11.6. The standard InChI is InChI=1S/C45H33N5/c1-28(2)29-22-24-39-37(26-29)34-23-21-30(27-41(34)50(39)42-20-8-9-25-46-42)32-15-11-19-40-44(32)48-45(49(40)31-12-4-3-5-13-31)36-17-10-16-35-33-14-6-7-18-38(33)47-43(35)36/h3-28,47H,1-2H3. The maximum absolute atomic E-state index is 5.51. The molecular weight excluding hydrogens is 611 g/mol. The first-order valence-corrected chi connectivity index (χ1v) is 17.2. The molecule has 0 bridgehead atoms. The van der Waals surface area contributed by atoms with Crippen LogP contribution in [0.25, 0.3) is 88.7 Å². The normalized spacial score (nSPS) is 12.0. The van der Waals surface area contributed by atoms with Gasteiger partial charge in [-0.1, -0.05) is 98.8 Å². The third-order valence-electron chi connectivity index (χ3n) is 10.1. The van der Waals surface area contributed by atoms with Crippen LogP contribution in [0, 0.1) is 0 Å². The number of aromatic nitrogens is 5. The van der Waals surface area contributed by atoms with Crippen LogP contribution in [-0.4, -0.2) is 24.1 Å². The Morgan fingerprint density at radius 2 is 1.36 bits per heavy atom. The number of hydrogen-bond donors (Lipinski definition) is 1. The van der Waals surface area contributed by atoms with Gasteiger partial charge < -0.3 is 4.98 Å². The van der Waals surface area contributed by atoms with Crippen LogP contribution in [0.15, 0.2) is 152 Å². The van der Waals surface area contributed by atoms with Gasteiger partial charge in [-0.2, -0.15) is 0 Å². The second kappa shape index (κ2) is 11.0. The Morgan fingerprint density at radius 3 is 2.22 bits per heavy atom. The van der Waals surface area contributed by atoms with Crippen molar-refractivity contribution in [2.75, 3.05) is 0 Å². The summed E-state index contributed by atoms with van der Waals surface area (Å²) in [6.45, 7) is 4.50. The van der Waals surface area contributed by atoms with Crippen molar-refractivity contribution in [3.63, 3.8) is 0 Å². The summed E-state index contributed by atoms with van der Waals surface area (Å²) < 4.78 is 4.60. The van der Waals surface area contributed by atoms with Gasteiger partial charge in [0.1, 0.15) is 11.6 Å². The average molecular weight is 644 g/mol. The van der Waals surface area contributed by atoms with Crippen molar-refractivity contribution in [3.05, 3.63) is 157 Å². The lowest BCUT2D eigenvalue weighted by Gasteiger charge is -2.11. The van der Waals surface area contributed by atoms with E-state index in [1.165, 1.54) is 27.1 Å². The predicted molar refractivity (Wildman–Crippen MR) is 208 cm³/mol. The molecule has 4 aromatic heterocycles. The van der Waals surface area contributed by atoms with Gasteiger partial charge in [-0.25, -0.2) is 9.97 Å². The van der Waals surface area contributed by atoms with E-state index in [-0.39, 0.29) is 0 Å². The van der Waals surface area contributed by atoms with Crippen LogP contribution in [0.5, 0.6) is 0 Å². The minimum Gasteiger partial charge on any atom is -0.354 e. The summed E-state index contributed by atoms with van der Waals surface area (Å²) in [5.41, 5.74) is 12.2. The molecule has 0 amide bonds. The summed E-state index contributed by atoms with van der Waals surface area (Å²) in [5.74, 6) is 2.25. The molecule has 0 atom stereocenters. The molecule has 4 heterocycles. The SMILES string of the molecule is CC(C)c1ccc2c(c1)c1ccc(-c3cccc4c3nc(-c3cccc5c3[nH]c3ccccc35)n4-c3ccccc3)cc1n2-c1ccccn1. The number of fused-ring (bicyclic) bond motifs is 7. The van der Waals surface area contributed by atoms with E-state index in [4.69, 9.17) is 9.97 Å². The lowest BCUT2D eigenvalue weighted by molar-refractivity contribution is 0.868. The number of H-pyrrole nitrogens is 1. The number of pyridine rings is 1. The Bertz CT molecular complexity index is 2890. The molecule has 0 aliphatic carbocycles. The van der Waals surface area contributed by atoms with Crippen LogP contribution >= 0.6 is 0 Å². The molecule has 0 saturated carbocycles. The fraction of sp³-hybridized carbons (Fsp3) is 0.0667. The summed E-state index contributed by atoms with van der Waals surface area (Å²) in [6.07, 6.45) is 1.87. The zero-order valence-electron chi connectivity index (χ0n) is 27.8. The average Bonchev–Trinajstić information content (AvgIpc) is 3.84. The summed E-state index contributed by atoms with van der Waals surface area (Å²) in [4.78, 5) is 14.0. The summed E-state index contributed by atoms with van der Waals surface area (Å²) in [6, 6.07) is 51.9. The smallest absolute Gasteiger partial charge is 0.147 e. The second-order valence-electron chi connectivity index (χ2n) is 13.4. The van der Waals surface area contributed by atoms with E-state index in [9.17, 15) is 0 Å². The molecule has 0 spiro atoms. The zero-order chi connectivity index (χ0) is 33.3. The van der Waals surface area contributed by atoms with Gasteiger partial charge >= 0.3 is 0 Å². The molecule has 0 fully saturated rings. The first-order valence-electron chi connectivity index (χ1n) is 17.2. The monoisotopic (exact) mass is 643 g/mol. The van der Waals surface area contributed by atoms with Crippen molar-refractivity contribution >= 4 is 54.6 Å². The highest BCUT2D eigenvalue weighted by atomic mass is 15.1. The third kappa shape index (κ3) is 4.26. The van der Waals surface area contributed by atoms with Gasteiger partial charge in [0, 0.05) is 50.1 Å². The molecule has 238 valence electrons. The quantitative estimate of drug-likeness (QED) is 0.203. The van der Waals surface area contributed by atoms with Gasteiger partial charge in [0.05, 0.1) is 27.6 Å². The molecule has 10 aromatic rings. The molecule has 0 aliphatic rings. The number of nitrogens with one attached hydrogen (secondary N) is 1. The summed E-state index contributed by atoms with van der Waals surface area (Å²) in [5, 5.41) is 4.86. The van der Waals surface area contributed by atoms with Gasteiger partial charge in [-0.05, 0) is 77.7 Å². The van der Waals surface area contributed by atoms with E-state index >= 15 is 0 Å². The van der Waals surface area contributed by atoms with Gasteiger partial charge in [0.2, 0.25) is 0 Å². The molecule has 0 radical (unpaired) electrons. The summed E-state index contributed by atoms with van der Waals surface area (Å²) in [7, 11) is 0. The highest BCUT2D eigenvalue weighted by Gasteiger charge is 2.21. The molecular formula is C45H33N5. The number of rotatable bonds is 5. The van der Waals surface area contributed by atoms with Crippen molar-refractivity contribution in [3.8, 4) is 34.0 Å². The van der Waals surface area contributed by atoms with Crippen LogP contribution in [0.1, 0.15) is 25.3 Å². The zero-order valence-corrected chi connectivity index (χ0v) is 27.8. The molecule has 0 aliphatic heterocycles. The van der Waals surface area contributed by atoms with Crippen molar-refractivity contribution in [1.82, 2.24) is 24.1 Å². The lowest BCUT2D eigenvalue weighted by atomic mass is 9.99. The Kier molecular flexibility index (Phi) is 6.30. The van der Waals surface area contributed by atoms with E-state index in [0.29, 0.717) is 5.92 Å². The molecule has 1 N–H and O–H groups in total. The molecule has 0 unspecified atom stereocenters.